The van der Waals surface area contributed by atoms with Crippen LogP contribution in [0, 0.1) is 5.82 Å². The topological polar surface area (TPSA) is 137 Å². The van der Waals surface area contributed by atoms with Crippen LogP contribution in [-0.2, 0) is 4.79 Å². The van der Waals surface area contributed by atoms with Gasteiger partial charge in [-0.15, -0.1) is 0 Å². The first-order chi connectivity index (χ1) is 20.7. The lowest BCUT2D eigenvalue weighted by atomic mass is 10.0. The van der Waals surface area contributed by atoms with Crippen LogP contribution in [0.3, 0.4) is 0 Å². The minimum absolute atomic E-state index is 0.00551. The van der Waals surface area contributed by atoms with Gasteiger partial charge in [-0.1, -0.05) is 6.07 Å². The minimum atomic E-state index is -0.722. The van der Waals surface area contributed by atoms with Gasteiger partial charge in [0.15, 0.2) is 11.5 Å². The van der Waals surface area contributed by atoms with E-state index in [0.29, 0.717) is 43.6 Å². The minimum Gasteiger partial charge on any atom is -0.364 e. The lowest BCUT2D eigenvalue weighted by Crippen LogP contribution is -2.48. The summed E-state index contributed by atoms with van der Waals surface area (Å²) in [5, 5.41) is 6.12. The summed E-state index contributed by atoms with van der Waals surface area (Å²) in [4.78, 5) is 52.2. The van der Waals surface area contributed by atoms with Crippen LogP contribution in [0.4, 0.5) is 27.4 Å². The predicted octanol–water partition coefficient (Wildman–Crippen LogP) is 3.01. The van der Waals surface area contributed by atoms with Gasteiger partial charge in [0.1, 0.15) is 11.6 Å². The smallest absolute Gasteiger partial charge is 0.271 e. The average Bonchev–Trinajstić information content (AvgIpc) is 3.84. The molecule has 1 aliphatic carbocycles. The number of carbonyl (C=O) groups excluding carboxylic acids is 3. The number of piperazine rings is 1. The Morgan fingerprint density at radius 2 is 1.84 bits per heavy atom. The standard InChI is InChI=1S/C31H35FN8O3/c1-38-13-14-40(27(41)18-38)23-9-7-21(8-10-23)35-30-28(29(33)42)34-16-26(37-30)39-12-2-3-22(17-39)36-31(43)24-11-6-20(15-25(24)32)19-4-5-19/h6-11,15-16,19,22H,2-5,12-14,17-18H2,1H3,(H2,33,42)(H,35,37)(H,36,43)/t22-/m1/s1. The Balaban J connectivity index is 1.14. The van der Waals surface area contributed by atoms with Crippen LogP contribution in [0.2, 0.25) is 0 Å². The van der Waals surface area contributed by atoms with Gasteiger partial charge in [-0.25, -0.2) is 14.4 Å². The monoisotopic (exact) mass is 586 g/mol. The maximum atomic E-state index is 14.7. The number of rotatable bonds is 8. The van der Waals surface area contributed by atoms with Crippen molar-refractivity contribution >= 4 is 40.7 Å². The van der Waals surface area contributed by atoms with E-state index in [2.05, 4.69) is 20.6 Å². The first-order valence-corrected chi connectivity index (χ1v) is 14.6. The van der Waals surface area contributed by atoms with E-state index in [1.807, 2.05) is 47.2 Å². The molecule has 0 unspecified atom stereocenters. The fourth-order valence-electron chi connectivity index (χ4n) is 5.68. The van der Waals surface area contributed by atoms with Gasteiger partial charge in [-0.2, -0.15) is 0 Å². The van der Waals surface area contributed by atoms with E-state index in [0.717, 1.165) is 43.5 Å². The number of likely N-dealkylation sites (N-methyl/N-ethyl adjacent to an activating group) is 1. The fraction of sp³-hybridized carbons (Fsp3) is 0.387. The molecule has 0 radical (unpaired) electrons. The third-order valence-electron chi connectivity index (χ3n) is 8.21. The molecule has 12 heteroatoms. The van der Waals surface area contributed by atoms with Crippen molar-refractivity contribution in [2.45, 2.75) is 37.6 Å². The van der Waals surface area contributed by atoms with Crippen molar-refractivity contribution < 1.29 is 18.8 Å². The van der Waals surface area contributed by atoms with E-state index in [4.69, 9.17) is 5.73 Å². The zero-order valence-corrected chi connectivity index (χ0v) is 24.1. The molecule has 224 valence electrons. The van der Waals surface area contributed by atoms with Gasteiger partial charge >= 0.3 is 0 Å². The number of nitrogens with zero attached hydrogens (tertiary/aromatic N) is 5. The molecule has 0 spiro atoms. The molecule has 43 heavy (non-hydrogen) atoms. The maximum Gasteiger partial charge on any atom is 0.271 e. The van der Waals surface area contributed by atoms with Crippen molar-refractivity contribution in [3.8, 4) is 0 Å². The summed E-state index contributed by atoms with van der Waals surface area (Å²) in [6.45, 7) is 2.90. The molecule has 2 saturated heterocycles. The predicted molar refractivity (Wildman–Crippen MR) is 161 cm³/mol. The van der Waals surface area contributed by atoms with E-state index < -0.39 is 17.6 Å². The SMILES string of the molecule is CN1CCN(c2ccc(Nc3nc(N4CCC[C@@H](NC(=O)c5ccc(C6CC6)cc5F)C4)cnc3C(N)=O)cc2)C(=O)C1. The van der Waals surface area contributed by atoms with Gasteiger partial charge in [0, 0.05) is 43.6 Å². The number of nitrogens with one attached hydrogen (secondary N) is 2. The first-order valence-electron chi connectivity index (χ1n) is 14.6. The van der Waals surface area contributed by atoms with E-state index in [9.17, 15) is 18.8 Å². The van der Waals surface area contributed by atoms with Gasteiger partial charge in [0.05, 0.1) is 18.3 Å². The molecule has 11 nitrogen and oxygen atoms in total. The number of hydrogen-bond acceptors (Lipinski definition) is 8. The first kappa shape index (κ1) is 28.5. The van der Waals surface area contributed by atoms with E-state index in [1.165, 1.54) is 12.3 Å². The molecule has 1 aromatic heterocycles. The van der Waals surface area contributed by atoms with Crippen LogP contribution in [0.25, 0.3) is 0 Å². The largest absolute Gasteiger partial charge is 0.364 e. The normalized spacial score (nSPS) is 19.3. The molecule has 6 rings (SSSR count). The van der Waals surface area contributed by atoms with Gasteiger partial charge in [-0.3, -0.25) is 19.3 Å². The number of amides is 3. The molecule has 4 N–H and O–H groups in total. The van der Waals surface area contributed by atoms with Crippen molar-refractivity contribution in [3.05, 3.63) is 71.3 Å². The molecule has 0 bridgehead atoms. The highest BCUT2D eigenvalue weighted by Gasteiger charge is 2.28. The highest BCUT2D eigenvalue weighted by atomic mass is 19.1. The van der Waals surface area contributed by atoms with Gasteiger partial charge in [-0.05, 0) is 80.6 Å². The second-order valence-electron chi connectivity index (χ2n) is 11.5. The number of hydrogen-bond donors (Lipinski definition) is 3. The van der Waals surface area contributed by atoms with E-state index in [1.54, 1.807) is 11.0 Å². The summed E-state index contributed by atoms with van der Waals surface area (Å²) in [7, 11) is 1.92. The van der Waals surface area contributed by atoms with Crippen LogP contribution >= 0.6 is 0 Å². The van der Waals surface area contributed by atoms with Crippen molar-refractivity contribution in [1.29, 1.82) is 0 Å². The number of benzene rings is 2. The third kappa shape index (κ3) is 6.43. The molecule has 2 aliphatic heterocycles. The van der Waals surface area contributed by atoms with Crippen LogP contribution in [-0.4, -0.2) is 78.4 Å². The van der Waals surface area contributed by atoms with E-state index >= 15 is 0 Å². The molecule has 1 atom stereocenters. The third-order valence-corrected chi connectivity index (χ3v) is 8.21. The number of primary amides is 1. The van der Waals surface area contributed by atoms with Crippen LogP contribution in [0.15, 0.2) is 48.7 Å². The Kier molecular flexibility index (Phi) is 7.94. The second-order valence-corrected chi connectivity index (χ2v) is 11.5. The van der Waals surface area contributed by atoms with Gasteiger partial charge in [0.2, 0.25) is 5.91 Å². The Hall–Kier alpha value is -4.58. The summed E-state index contributed by atoms with van der Waals surface area (Å²) < 4.78 is 14.7. The summed E-state index contributed by atoms with van der Waals surface area (Å²) in [5.41, 5.74) is 8.02. The maximum absolute atomic E-state index is 14.7. The van der Waals surface area contributed by atoms with Gasteiger partial charge in [0.25, 0.3) is 11.8 Å². The summed E-state index contributed by atoms with van der Waals surface area (Å²) in [6.07, 6.45) is 5.14. The number of halogens is 1. The van der Waals surface area contributed by atoms with Crippen molar-refractivity contribution in [2.75, 3.05) is 54.9 Å². The molecule has 3 heterocycles. The van der Waals surface area contributed by atoms with E-state index in [-0.39, 0.29) is 29.0 Å². The number of piperidine rings is 1. The fourth-order valence-corrected chi connectivity index (χ4v) is 5.68. The summed E-state index contributed by atoms with van der Waals surface area (Å²) in [5.74, 6) is -0.487. The zero-order chi connectivity index (χ0) is 30.1. The highest BCUT2D eigenvalue weighted by molar-refractivity contribution is 5.97. The number of nitrogens with two attached hydrogens (primary N) is 1. The zero-order valence-electron chi connectivity index (χ0n) is 24.1. The van der Waals surface area contributed by atoms with Crippen LogP contribution < -0.4 is 26.2 Å². The quantitative estimate of drug-likeness (QED) is 0.367. The molecule has 2 aromatic carbocycles. The Morgan fingerprint density at radius 1 is 1.05 bits per heavy atom. The molecule has 1 saturated carbocycles. The van der Waals surface area contributed by atoms with Crippen molar-refractivity contribution in [3.63, 3.8) is 0 Å². The summed E-state index contributed by atoms with van der Waals surface area (Å²) in [6, 6.07) is 12.0. The average molecular weight is 587 g/mol. The van der Waals surface area contributed by atoms with Crippen molar-refractivity contribution in [2.24, 2.45) is 5.73 Å². The molecule has 3 fully saturated rings. The molecular weight excluding hydrogens is 551 g/mol. The number of carbonyl (C=O) groups is 3. The van der Waals surface area contributed by atoms with Crippen LogP contribution in [0.5, 0.6) is 0 Å². The molecular formula is C31H35FN8O3. The Labute approximate surface area is 249 Å². The molecule has 3 aliphatic rings. The molecule has 3 aromatic rings. The summed E-state index contributed by atoms with van der Waals surface area (Å²) >= 11 is 0. The lowest BCUT2D eigenvalue weighted by molar-refractivity contribution is -0.120. The molecule has 3 amide bonds. The Morgan fingerprint density at radius 3 is 2.53 bits per heavy atom. The lowest BCUT2D eigenvalue weighted by Gasteiger charge is -2.34. The van der Waals surface area contributed by atoms with Gasteiger partial charge < -0.3 is 26.2 Å². The Bertz CT molecular complexity index is 1540. The van der Waals surface area contributed by atoms with Crippen LogP contribution in [0.1, 0.15) is 58.0 Å². The number of aromatic nitrogens is 2. The number of anilines is 4. The second kappa shape index (κ2) is 12.0. The van der Waals surface area contributed by atoms with Crippen molar-refractivity contribution in [1.82, 2.24) is 20.2 Å². The highest BCUT2D eigenvalue weighted by Crippen LogP contribution is 2.40.